The Morgan fingerprint density at radius 1 is 1.06 bits per heavy atom. The fourth-order valence-corrected chi connectivity index (χ4v) is 6.30. The third-order valence-corrected chi connectivity index (χ3v) is 9.71. The highest BCUT2D eigenvalue weighted by atomic mass is 32.2. The van der Waals surface area contributed by atoms with Crippen LogP contribution in [-0.4, -0.2) is 106 Å². The van der Waals surface area contributed by atoms with Crippen molar-refractivity contribution in [2.24, 2.45) is 28.9 Å². The molecule has 0 bridgehead atoms. The molecule has 0 spiro atoms. The van der Waals surface area contributed by atoms with E-state index in [4.69, 9.17) is 20.7 Å². The number of aliphatic carboxylic acids is 2. The van der Waals surface area contributed by atoms with Crippen molar-refractivity contribution in [2.75, 3.05) is 24.6 Å². The van der Waals surface area contributed by atoms with Crippen LogP contribution in [0.5, 0.6) is 0 Å². The standard InChI is InChI=1S/C32H54N4O11S/c1-18-8-6-10-19(2)28(20(3)29(43)32(4,5)23(37)14-25(39)34-13-7-9-18)47-27(42)17-48-16-22(30(44)35-15-26(40)41)36-24(38)12-11-21(33)31(45)46/h18-23,28,37H,6-17,33H2,1-5H3,(H,34,39)(H,35,44)(H,36,38)(H,40,41)(H,45,46)/t18?,19?,20?,21?,22?,23?,28-/m0/s1. The number of hydrogen-bond acceptors (Lipinski definition) is 11. The summed E-state index contributed by atoms with van der Waals surface area (Å²) in [5.41, 5.74) is 4.12. The molecule has 274 valence electrons. The zero-order chi connectivity index (χ0) is 36.6. The number of aliphatic hydroxyl groups excluding tert-OH is 1. The molecule has 1 fully saturated rings. The van der Waals surface area contributed by atoms with Gasteiger partial charge in [-0.05, 0) is 37.5 Å². The van der Waals surface area contributed by atoms with Gasteiger partial charge in [-0.25, -0.2) is 0 Å². The summed E-state index contributed by atoms with van der Waals surface area (Å²) >= 11 is 0.942. The van der Waals surface area contributed by atoms with E-state index in [0.717, 1.165) is 37.4 Å². The highest BCUT2D eigenvalue weighted by Crippen LogP contribution is 2.33. The summed E-state index contributed by atoms with van der Waals surface area (Å²) in [5.74, 6) is -6.55. The van der Waals surface area contributed by atoms with Gasteiger partial charge in [0, 0.05) is 18.7 Å². The van der Waals surface area contributed by atoms with E-state index in [1.165, 1.54) is 0 Å². The van der Waals surface area contributed by atoms with Crippen molar-refractivity contribution in [3.05, 3.63) is 0 Å². The second-order valence-electron chi connectivity index (χ2n) is 13.3. The molecule has 8 N–H and O–H groups in total. The number of thioether (sulfide) groups is 1. The molecule has 1 saturated heterocycles. The monoisotopic (exact) mass is 702 g/mol. The van der Waals surface area contributed by atoms with Crippen molar-refractivity contribution in [3.63, 3.8) is 0 Å². The number of carboxylic acids is 2. The minimum atomic E-state index is -1.31. The van der Waals surface area contributed by atoms with Crippen molar-refractivity contribution >= 4 is 53.2 Å². The molecule has 15 nitrogen and oxygen atoms in total. The zero-order valence-corrected chi connectivity index (χ0v) is 29.4. The number of carbonyl (C=O) groups is 7. The van der Waals surface area contributed by atoms with Crippen LogP contribution in [0.25, 0.3) is 0 Å². The number of esters is 1. The Hall–Kier alpha value is -3.24. The molecule has 0 saturated carbocycles. The van der Waals surface area contributed by atoms with Crippen molar-refractivity contribution in [1.82, 2.24) is 16.0 Å². The number of Topliss-reactive ketones (excluding diaryl/α,β-unsaturated/α-hetero) is 1. The lowest BCUT2D eigenvalue weighted by molar-refractivity contribution is -0.157. The number of aliphatic hydroxyl groups is 1. The lowest BCUT2D eigenvalue weighted by Gasteiger charge is -2.36. The lowest BCUT2D eigenvalue weighted by Crippen LogP contribution is -2.49. The van der Waals surface area contributed by atoms with Crippen LogP contribution in [-0.2, 0) is 38.3 Å². The van der Waals surface area contributed by atoms with Crippen molar-refractivity contribution in [3.8, 4) is 0 Å². The van der Waals surface area contributed by atoms with E-state index in [1.807, 2.05) is 6.92 Å². The number of ether oxygens (including phenoxy) is 1. The van der Waals surface area contributed by atoms with Gasteiger partial charge < -0.3 is 41.7 Å². The molecule has 0 aromatic rings. The number of carbonyl (C=O) groups excluding carboxylic acids is 5. The molecular formula is C32H54N4O11S. The summed E-state index contributed by atoms with van der Waals surface area (Å²) in [6.45, 7) is 8.58. The summed E-state index contributed by atoms with van der Waals surface area (Å²) in [5, 5.41) is 36.1. The predicted octanol–water partition coefficient (Wildman–Crippen LogP) is 0.844. The lowest BCUT2D eigenvalue weighted by atomic mass is 9.72. The first-order chi connectivity index (χ1) is 22.4. The van der Waals surface area contributed by atoms with E-state index < -0.39 is 71.9 Å². The molecule has 0 radical (unpaired) electrons. The Kier molecular flexibility index (Phi) is 18.7. The number of hydrogen-bond donors (Lipinski definition) is 7. The average molecular weight is 703 g/mol. The van der Waals surface area contributed by atoms with Crippen LogP contribution >= 0.6 is 11.8 Å². The van der Waals surface area contributed by atoms with Gasteiger partial charge in [-0.3, -0.25) is 33.6 Å². The molecule has 6 unspecified atom stereocenters. The molecule has 0 aromatic carbocycles. The fraction of sp³-hybridized carbons (Fsp3) is 0.781. The largest absolute Gasteiger partial charge is 0.480 e. The number of nitrogens with two attached hydrogens (primary N) is 1. The molecule has 0 aliphatic carbocycles. The second-order valence-corrected chi connectivity index (χ2v) is 14.3. The van der Waals surface area contributed by atoms with E-state index in [9.17, 15) is 38.7 Å². The number of carboxylic acid groups (broad SMARTS) is 2. The molecule has 1 heterocycles. The Bertz CT molecular complexity index is 1140. The molecular weight excluding hydrogens is 648 g/mol. The third kappa shape index (κ3) is 15.3. The number of rotatable bonds is 13. The predicted molar refractivity (Wildman–Crippen MR) is 178 cm³/mol. The maximum Gasteiger partial charge on any atom is 0.322 e. The summed E-state index contributed by atoms with van der Waals surface area (Å²) in [7, 11) is 0. The van der Waals surface area contributed by atoms with Crippen molar-refractivity contribution in [1.29, 1.82) is 0 Å². The van der Waals surface area contributed by atoms with E-state index in [-0.39, 0.29) is 48.4 Å². The SMILES string of the molecule is CC1CCCNC(=O)CC(O)C(C)(C)C(=O)C(C)[C@@H](OC(=O)CSCC(NC(=O)CCC(N)C(=O)O)C(=O)NCC(=O)O)C(C)CCC1. The van der Waals surface area contributed by atoms with Gasteiger partial charge in [0.05, 0.1) is 29.6 Å². The van der Waals surface area contributed by atoms with Gasteiger partial charge in [0.25, 0.3) is 0 Å². The molecule has 1 aliphatic rings. The maximum atomic E-state index is 13.7. The van der Waals surface area contributed by atoms with Crippen LogP contribution in [0.4, 0.5) is 0 Å². The Balaban J connectivity index is 3.04. The number of nitrogens with one attached hydrogen (secondary N) is 3. The Labute approximate surface area is 286 Å². The smallest absolute Gasteiger partial charge is 0.322 e. The molecule has 3 amide bonds. The van der Waals surface area contributed by atoms with Gasteiger partial charge in [-0.2, -0.15) is 0 Å². The van der Waals surface area contributed by atoms with Crippen molar-refractivity contribution in [2.45, 2.75) is 110 Å². The van der Waals surface area contributed by atoms with Gasteiger partial charge >= 0.3 is 17.9 Å². The Morgan fingerprint density at radius 3 is 2.33 bits per heavy atom. The molecule has 1 aliphatic heterocycles. The first-order valence-electron chi connectivity index (χ1n) is 16.4. The van der Waals surface area contributed by atoms with Crippen LogP contribution in [0, 0.1) is 23.2 Å². The number of amides is 3. The zero-order valence-electron chi connectivity index (χ0n) is 28.6. The average Bonchev–Trinajstić information content (AvgIpc) is 3.01. The topological polar surface area (TPSA) is 252 Å². The minimum absolute atomic E-state index is 0.148. The van der Waals surface area contributed by atoms with Gasteiger partial charge in [0.2, 0.25) is 17.7 Å². The summed E-state index contributed by atoms with van der Waals surface area (Å²) in [6.07, 6.45) is 1.28. The third-order valence-electron chi connectivity index (χ3n) is 8.70. The first kappa shape index (κ1) is 42.8. The Morgan fingerprint density at radius 2 is 1.71 bits per heavy atom. The highest BCUT2D eigenvalue weighted by Gasteiger charge is 2.43. The fourth-order valence-electron chi connectivity index (χ4n) is 5.48. The summed E-state index contributed by atoms with van der Waals surface area (Å²) in [4.78, 5) is 86.2. The molecule has 48 heavy (non-hydrogen) atoms. The quantitative estimate of drug-likeness (QED) is 0.132. The molecule has 16 heteroatoms. The van der Waals surface area contributed by atoms with Gasteiger partial charge in [-0.15, -0.1) is 11.8 Å². The van der Waals surface area contributed by atoms with Crippen LogP contribution in [0.15, 0.2) is 0 Å². The number of ketones is 1. The highest BCUT2D eigenvalue weighted by molar-refractivity contribution is 8.00. The van der Waals surface area contributed by atoms with Gasteiger partial charge in [0.15, 0.2) is 0 Å². The van der Waals surface area contributed by atoms with Crippen LogP contribution in [0.1, 0.15) is 86.0 Å². The van der Waals surface area contributed by atoms with Crippen LogP contribution < -0.4 is 21.7 Å². The van der Waals surface area contributed by atoms with E-state index in [2.05, 4.69) is 22.9 Å². The van der Waals surface area contributed by atoms with Crippen LogP contribution in [0.2, 0.25) is 0 Å². The minimum Gasteiger partial charge on any atom is -0.480 e. The van der Waals surface area contributed by atoms with Gasteiger partial charge in [0.1, 0.15) is 30.5 Å². The summed E-state index contributed by atoms with van der Waals surface area (Å²) < 4.78 is 5.88. The molecule has 7 atom stereocenters. The first-order valence-corrected chi connectivity index (χ1v) is 17.6. The normalized spacial score (nSPS) is 25.5. The second kappa shape index (κ2) is 21.0. The van der Waals surface area contributed by atoms with E-state index in [0.29, 0.717) is 18.9 Å². The van der Waals surface area contributed by atoms with Gasteiger partial charge in [-0.1, -0.05) is 47.5 Å². The summed E-state index contributed by atoms with van der Waals surface area (Å²) in [6, 6.07) is -2.54. The van der Waals surface area contributed by atoms with Crippen molar-refractivity contribution < 1.29 is 53.6 Å². The van der Waals surface area contributed by atoms with Crippen LogP contribution in [0.3, 0.4) is 0 Å². The van der Waals surface area contributed by atoms with E-state index in [1.54, 1.807) is 20.8 Å². The maximum absolute atomic E-state index is 13.7. The molecule has 0 aromatic heterocycles. The van der Waals surface area contributed by atoms with E-state index >= 15 is 0 Å². The molecule has 1 rings (SSSR count).